The van der Waals surface area contributed by atoms with Gasteiger partial charge in [0.05, 0.1) is 39.4 Å². The summed E-state index contributed by atoms with van der Waals surface area (Å²) in [6.45, 7) is 13.7. The Hall–Kier alpha value is -8.13. The van der Waals surface area contributed by atoms with E-state index in [9.17, 15) is 24.0 Å². The molecule has 1 unspecified atom stereocenters. The van der Waals surface area contributed by atoms with Crippen LogP contribution in [0.2, 0.25) is 0 Å². The molecule has 0 fully saturated rings. The molecule has 68 heavy (non-hydrogen) atoms. The Kier molecular flexibility index (Phi) is 21.3. The minimum atomic E-state index is -0.571. The van der Waals surface area contributed by atoms with Crippen molar-refractivity contribution in [2.45, 2.75) is 61.8 Å². The van der Waals surface area contributed by atoms with Crippen LogP contribution in [-0.2, 0) is 9.59 Å². The lowest BCUT2D eigenvalue weighted by Gasteiger charge is -2.07. The number of ether oxygens (including phenoxy) is 3. The molecular weight excluding hydrogens is 869 g/mol. The van der Waals surface area contributed by atoms with Crippen molar-refractivity contribution in [2.24, 2.45) is 5.92 Å². The fourth-order valence-corrected chi connectivity index (χ4v) is 5.72. The summed E-state index contributed by atoms with van der Waals surface area (Å²) in [4.78, 5) is 55.7. The van der Waals surface area contributed by atoms with Crippen LogP contribution < -0.4 is 14.2 Å². The van der Waals surface area contributed by atoms with Crippen LogP contribution in [0.5, 0.6) is 28.7 Å². The van der Waals surface area contributed by atoms with E-state index in [1.54, 1.807) is 132 Å². The van der Waals surface area contributed by atoms with E-state index in [0.717, 1.165) is 50.9 Å². The number of phenols is 2. The summed E-state index contributed by atoms with van der Waals surface area (Å²) in [5, 5.41) is 26.1. The molecule has 0 amide bonds. The summed E-state index contributed by atoms with van der Waals surface area (Å²) in [5.41, 5.74) is 7.49. The highest BCUT2D eigenvalue weighted by Gasteiger charge is 2.19. The number of nitrogens with zero attached hydrogens (tertiary/aromatic N) is 2. The molecule has 14 nitrogen and oxygen atoms in total. The first-order chi connectivity index (χ1) is 32.3. The average Bonchev–Trinajstić information content (AvgIpc) is 3.86. The Labute approximate surface area is 396 Å². The number of carbonyl (C=O) groups excluding carboxylic acids is 5. The molecule has 7 aromatic rings. The number of aromatic nitrogens is 2. The van der Waals surface area contributed by atoms with Gasteiger partial charge in [0.1, 0.15) is 51.8 Å². The number of hydrogen-bond donors (Lipinski definition) is 2. The third-order valence-corrected chi connectivity index (χ3v) is 10.3. The molecule has 5 aromatic carbocycles. The second kappa shape index (κ2) is 26.7. The highest BCUT2D eigenvalue weighted by molar-refractivity contribution is 6.09. The maximum absolute atomic E-state index is 11.7. The number of methoxy groups -OCH3 is 3. The standard InChI is InChI=1S/C12H14O3.2C11H11NO2.C11H12O3.C9H10O2/c1-8(9(2)13)12(14)10-4-6-11(15-3)7-5-10;1-7-8(2)14-12-11(7)9-3-5-10(13)6-4-9;1-7-8(2)12-14-11(7)9-3-5-10(13)6-4-9;1-8(12)7-11(13)9-3-5-10(14-2)6-4-9;1-7(10)8-3-5-9(11-2)6-4-8/h4-8H,1-3H3;2*3-6,13H,1-2H3;3-6H,7H2,1-2H3;3-6H,1-2H3. The van der Waals surface area contributed by atoms with Gasteiger partial charge in [-0.25, -0.2) is 0 Å². The van der Waals surface area contributed by atoms with Gasteiger partial charge in [0, 0.05) is 38.9 Å². The number of ketones is 5. The first-order valence-corrected chi connectivity index (χ1v) is 21.2. The molecule has 0 aliphatic heterocycles. The minimum absolute atomic E-state index is 0.0354. The Morgan fingerprint density at radius 1 is 0.544 bits per heavy atom. The van der Waals surface area contributed by atoms with Gasteiger partial charge in [0.25, 0.3) is 0 Å². The third-order valence-electron chi connectivity index (χ3n) is 10.3. The molecule has 0 saturated heterocycles. The first-order valence-electron chi connectivity index (χ1n) is 21.2. The van der Waals surface area contributed by atoms with Crippen LogP contribution in [0.25, 0.3) is 22.6 Å². The van der Waals surface area contributed by atoms with Crippen LogP contribution >= 0.6 is 0 Å². The maximum Gasteiger partial charge on any atom is 0.173 e. The second-order valence-electron chi connectivity index (χ2n) is 15.3. The number of aromatic hydroxyl groups is 2. The maximum atomic E-state index is 11.7. The zero-order chi connectivity index (χ0) is 50.5. The fourth-order valence-electron chi connectivity index (χ4n) is 5.72. The highest BCUT2D eigenvalue weighted by atomic mass is 16.5. The SMILES string of the molecule is COc1ccc(C(=O)C(C)C(C)=O)cc1.COc1ccc(C(=O)CC(C)=O)cc1.COc1ccc(C(C)=O)cc1.Cc1noc(-c2ccc(O)cc2)c1C.Cc1onc(-c2ccc(O)cc2)c1C. The molecule has 356 valence electrons. The van der Waals surface area contributed by atoms with E-state index in [2.05, 4.69) is 10.3 Å². The predicted molar refractivity (Wildman–Crippen MR) is 259 cm³/mol. The van der Waals surface area contributed by atoms with Gasteiger partial charge in [0.2, 0.25) is 0 Å². The zero-order valence-corrected chi connectivity index (χ0v) is 40.2. The van der Waals surface area contributed by atoms with Crippen molar-refractivity contribution in [2.75, 3.05) is 21.3 Å². The Balaban J connectivity index is 0.000000226. The summed E-state index contributed by atoms with van der Waals surface area (Å²) < 4.78 is 25.1. The van der Waals surface area contributed by atoms with Crippen molar-refractivity contribution >= 4 is 28.9 Å². The molecule has 0 aliphatic carbocycles. The van der Waals surface area contributed by atoms with E-state index in [4.69, 9.17) is 33.5 Å². The molecule has 0 aliphatic rings. The van der Waals surface area contributed by atoms with Crippen molar-refractivity contribution in [1.29, 1.82) is 0 Å². The molecule has 14 heteroatoms. The second-order valence-corrected chi connectivity index (χ2v) is 15.3. The Morgan fingerprint density at radius 3 is 1.32 bits per heavy atom. The smallest absolute Gasteiger partial charge is 0.173 e. The number of rotatable bonds is 12. The Morgan fingerprint density at radius 2 is 0.971 bits per heavy atom. The summed E-state index contributed by atoms with van der Waals surface area (Å²) in [7, 11) is 4.73. The normalized spacial score (nSPS) is 10.4. The van der Waals surface area contributed by atoms with Gasteiger partial charge in [-0.2, -0.15) is 0 Å². The topological polar surface area (TPSA) is 206 Å². The molecule has 7 rings (SSSR count). The van der Waals surface area contributed by atoms with E-state index < -0.39 is 5.92 Å². The van der Waals surface area contributed by atoms with Gasteiger partial charge in [-0.3, -0.25) is 24.0 Å². The van der Waals surface area contributed by atoms with Crippen LogP contribution in [0.15, 0.2) is 130 Å². The van der Waals surface area contributed by atoms with Crippen molar-refractivity contribution < 1.29 is 57.4 Å². The molecule has 0 spiro atoms. The van der Waals surface area contributed by atoms with Crippen LogP contribution in [0.3, 0.4) is 0 Å². The minimum Gasteiger partial charge on any atom is -0.508 e. The van der Waals surface area contributed by atoms with Crippen molar-refractivity contribution in [1.82, 2.24) is 10.3 Å². The summed E-state index contributed by atoms with van der Waals surface area (Å²) in [6.07, 6.45) is -0.0354. The number of Topliss-reactive ketones (excluding diaryl/α,β-unsaturated/α-hetero) is 5. The van der Waals surface area contributed by atoms with Crippen LogP contribution in [0.1, 0.15) is 87.8 Å². The molecule has 2 N–H and O–H groups in total. The largest absolute Gasteiger partial charge is 0.508 e. The summed E-state index contributed by atoms with van der Waals surface area (Å²) >= 11 is 0. The highest BCUT2D eigenvalue weighted by Crippen LogP contribution is 2.27. The number of carbonyl (C=O) groups is 5. The van der Waals surface area contributed by atoms with Gasteiger partial charge in [-0.1, -0.05) is 10.3 Å². The fraction of sp³-hybridized carbons (Fsp3) is 0.241. The number of aryl methyl sites for hydroxylation is 2. The van der Waals surface area contributed by atoms with Crippen LogP contribution in [-0.4, -0.2) is 70.8 Å². The monoisotopic (exact) mass is 926 g/mol. The average molecular weight is 927 g/mol. The van der Waals surface area contributed by atoms with Crippen molar-refractivity contribution in [3.8, 4) is 51.3 Å². The van der Waals surface area contributed by atoms with Gasteiger partial charge in [-0.15, -0.1) is 0 Å². The first kappa shape index (κ1) is 54.2. The molecule has 0 saturated carbocycles. The molecule has 1 atom stereocenters. The predicted octanol–water partition coefficient (Wildman–Crippen LogP) is 11.2. The van der Waals surface area contributed by atoms with Crippen LogP contribution in [0.4, 0.5) is 0 Å². The quantitative estimate of drug-likeness (QED) is 0.0864. The number of hydrogen-bond acceptors (Lipinski definition) is 14. The van der Waals surface area contributed by atoms with E-state index in [0.29, 0.717) is 28.2 Å². The van der Waals surface area contributed by atoms with E-state index >= 15 is 0 Å². The van der Waals surface area contributed by atoms with Crippen LogP contribution in [0, 0.1) is 33.6 Å². The Bertz CT molecular complexity index is 2630. The molecule has 2 heterocycles. The van der Waals surface area contributed by atoms with Gasteiger partial charge < -0.3 is 33.5 Å². The summed E-state index contributed by atoms with van der Waals surface area (Å²) in [5.74, 6) is 3.24. The lowest BCUT2D eigenvalue weighted by Crippen LogP contribution is -2.18. The lowest BCUT2D eigenvalue weighted by molar-refractivity contribution is -0.119. The van der Waals surface area contributed by atoms with Gasteiger partial charge in [0.15, 0.2) is 23.1 Å². The van der Waals surface area contributed by atoms with Gasteiger partial charge in [-0.05, 0) is 177 Å². The van der Waals surface area contributed by atoms with E-state index in [1.165, 1.54) is 13.8 Å². The molecular formula is C54H58N2O12. The molecule has 0 radical (unpaired) electrons. The third kappa shape index (κ3) is 16.7. The van der Waals surface area contributed by atoms with Crippen molar-refractivity contribution in [3.05, 3.63) is 161 Å². The van der Waals surface area contributed by atoms with E-state index in [1.807, 2.05) is 52.0 Å². The molecule has 0 bridgehead atoms. The lowest BCUT2D eigenvalue weighted by atomic mass is 9.96. The summed E-state index contributed by atoms with van der Waals surface area (Å²) in [6, 6.07) is 34.3. The zero-order valence-electron chi connectivity index (χ0n) is 40.2. The van der Waals surface area contributed by atoms with Crippen molar-refractivity contribution in [3.63, 3.8) is 0 Å². The number of benzene rings is 5. The molecule has 2 aromatic heterocycles. The van der Waals surface area contributed by atoms with E-state index in [-0.39, 0.29) is 46.8 Å². The number of phenolic OH excluding ortho intramolecular Hbond substituents is 2. The van der Waals surface area contributed by atoms with Gasteiger partial charge >= 0.3 is 0 Å².